The summed E-state index contributed by atoms with van der Waals surface area (Å²) in [6.07, 6.45) is 10.0. The first kappa shape index (κ1) is 32.0. The summed E-state index contributed by atoms with van der Waals surface area (Å²) in [6, 6.07) is 22.2. The van der Waals surface area contributed by atoms with Crippen LogP contribution < -0.4 is 10.6 Å². The molecule has 5 aromatic rings. The highest BCUT2D eigenvalue weighted by Crippen LogP contribution is 2.50. The number of nitrogens with zero attached hydrogens (tertiary/aromatic N) is 3. The van der Waals surface area contributed by atoms with Gasteiger partial charge in [0.05, 0.1) is 43.0 Å². The van der Waals surface area contributed by atoms with E-state index in [9.17, 15) is 9.59 Å². The number of nitrogens with one attached hydrogen (secondary N) is 4. The molecule has 51 heavy (non-hydrogen) atoms. The summed E-state index contributed by atoms with van der Waals surface area (Å²) in [4.78, 5) is 44.7. The van der Waals surface area contributed by atoms with E-state index in [4.69, 9.17) is 14.7 Å². The first-order valence-corrected chi connectivity index (χ1v) is 18.5. The van der Waals surface area contributed by atoms with Crippen LogP contribution in [0.1, 0.15) is 76.1 Å². The number of hydrogen-bond donors (Lipinski definition) is 4. The van der Waals surface area contributed by atoms with E-state index in [1.54, 1.807) is 0 Å². The zero-order valence-electron chi connectivity index (χ0n) is 29.4. The van der Waals surface area contributed by atoms with E-state index in [1.807, 2.05) is 31.1 Å². The Labute approximate surface area is 297 Å². The topological polar surface area (TPSA) is 128 Å². The lowest BCUT2D eigenvalue weighted by Crippen LogP contribution is -2.54. The predicted octanol–water partition coefficient (Wildman–Crippen LogP) is 7.53. The van der Waals surface area contributed by atoms with Crippen LogP contribution in [0.4, 0.5) is 4.79 Å². The van der Waals surface area contributed by atoms with Crippen molar-refractivity contribution in [2.24, 2.45) is 17.8 Å². The van der Waals surface area contributed by atoms with Gasteiger partial charge in [-0.15, -0.1) is 0 Å². The number of alkyl carbamates (subject to hydrolysis) is 1. The Kier molecular flexibility index (Phi) is 7.94. The van der Waals surface area contributed by atoms with E-state index >= 15 is 0 Å². The van der Waals surface area contributed by atoms with Crippen LogP contribution in [0.3, 0.4) is 0 Å². The first-order valence-electron chi connectivity index (χ1n) is 18.5. The van der Waals surface area contributed by atoms with E-state index in [-0.39, 0.29) is 23.9 Å². The highest BCUT2D eigenvalue weighted by Gasteiger charge is 2.51. The van der Waals surface area contributed by atoms with Crippen LogP contribution in [0, 0.1) is 17.8 Å². The van der Waals surface area contributed by atoms with Crippen LogP contribution in [0.5, 0.6) is 0 Å². The summed E-state index contributed by atoms with van der Waals surface area (Å²) in [5.41, 5.74) is 6.50. The van der Waals surface area contributed by atoms with Gasteiger partial charge in [0.2, 0.25) is 5.91 Å². The maximum Gasteiger partial charge on any atom is 0.407 e. The molecule has 0 unspecified atom stereocenters. The Morgan fingerprint density at radius 3 is 2.08 bits per heavy atom. The number of H-pyrrole nitrogens is 2. The summed E-state index contributed by atoms with van der Waals surface area (Å²) < 4.78 is 4.82. The van der Waals surface area contributed by atoms with E-state index in [2.05, 4.69) is 81.3 Å². The fourth-order valence-electron chi connectivity index (χ4n) is 8.88. The molecule has 4 aliphatic rings. The molecule has 2 saturated carbocycles. The molecule has 2 aliphatic heterocycles. The fraction of sp³-hybridized carbons (Fsp3) is 0.415. The summed E-state index contributed by atoms with van der Waals surface area (Å²) in [7, 11) is 1.32. The van der Waals surface area contributed by atoms with Crippen molar-refractivity contribution in [1.82, 2.24) is 35.5 Å². The van der Waals surface area contributed by atoms with Crippen LogP contribution in [0.15, 0.2) is 73.1 Å². The van der Waals surface area contributed by atoms with Gasteiger partial charge in [-0.05, 0) is 95.9 Å². The third-order valence-electron chi connectivity index (χ3n) is 12.1. The number of likely N-dealkylation sites (tertiary alicyclic amines) is 1. The van der Waals surface area contributed by atoms with Gasteiger partial charge >= 0.3 is 6.09 Å². The number of carbonyl (C=O) groups is 2. The smallest absolute Gasteiger partial charge is 0.407 e. The van der Waals surface area contributed by atoms with Crippen molar-refractivity contribution in [3.8, 4) is 33.6 Å². The van der Waals surface area contributed by atoms with Gasteiger partial charge in [-0.2, -0.15) is 0 Å². The lowest BCUT2D eigenvalue weighted by atomic mass is 9.80. The van der Waals surface area contributed by atoms with Crippen LogP contribution in [-0.4, -0.2) is 62.1 Å². The Bertz CT molecular complexity index is 2090. The summed E-state index contributed by atoms with van der Waals surface area (Å²) in [5, 5.41) is 8.82. The van der Waals surface area contributed by atoms with Crippen molar-refractivity contribution < 1.29 is 14.3 Å². The van der Waals surface area contributed by atoms with Crippen molar-refractivity contribution in [3.05, 3.63) is 84.7 Å². The molecule has 3 aromatic carbocycles. The molecule has 2 aliphatic carbocycles. The van der Waals surface area contributed by atoms with Crippen LogP contribution in [0.25, 0.3) is 44.4 Å². The normalized spacial score (nSPS) is 25.6. The summed E-state index contributed by atoms with van der Waals surface area (Å²) in [5.74, 6) is 2.97. The van der Waals surface area contributed by atoms with Crippen LogP contribution in [-0.2, 0) is 9.53 Å². The predicted molar refractivity (Wildman–Crippen MR) is 196 cm³/mol. The number of amides is 2. The minimum absolute atomic E-state index is 0.0690. The number of rotatable bonds is 8. The molecule has 0 bridgehead atoms. The Hall–Kier alpha value is -4.96. The molecule has 4 heterocycles. The van der Waals surface area contributed by atoms with Crippen molar-refractivity contribution in [2.75, 3.05) is 7.11 Å². The summed E-state index contributed by atoms with van der Waals surface area (Å²) >= 11 is 0. The fourth-order valence-corrected chi connectivity index (χ4v) is 8.88. The SMILES string of the molecule is COC(=O)N[C@H](C(=O)N1[C@@H]2CC[C@@H]2C[C@H]1c1ncc(-c2ccc3cc(-c4ccc(-c5cnc([C@@H]6C[C@H]7CC[C@H]7N6)[nH]5)cc4)ccc3c2)[nH]1)C(C)C. The average Bonchev–Trinajstić information content (AvgIpc) is 3.92. The number of carbonyl (C=O) groups excluding carboxylic acids is 2. The molecule has 262 valence electrons. The lowest BCUT2D eigenvalue weighted by Gasteiger charge is -2.39. The third-order valence-corrected chi connectivity index (χ3v) is 12.1. The van der Waals surface area contributed by atoms with Crippen molar-refractivity contribution >= 4 is 22.8 Å². The highest BCUT2D eigenvalue weighted by molar-refractivity contribution is 5.91. The number of imidazole rings is 2. The Morgan fingerprint density at radius 1 is 0.784 bits per heavy atom. The molecule has 4 fully saturated rings. The van der Waals surface area contributed by atoms with Gasteiger partial charge in [0, 0.05) is 17.6 Å². The third kappa shape index (κ3) is 5.69. The van der Waals surface area contributed by atoms with Gasteiger partial charge < -0.3 is 30.2 Å². The Morgan fingerprint density at radius 2 is 1.43 bits per heavy atom. The van der Waals surface area contributed by atoms with Gasteiger partial charge in [-0.25, -0.2) is 14.8 Å². The van der Waals surface area contributed by atoms with Crippen LogP contribution >= 0.6 is 0 Å². The molecule has 10 heteroatoms. The molecule has 0 spiro atoms. The number of aromatic amines is 2. The number of fused-ring (bicyclic) bond motifs is 3. The minimum Gasteiger partial charge on any atom is -0.453 e. The maximum atomic E-state index is 13.9. The molecule has 2 aromatic heterocycles. The molecule has 9 rings (SSSR count). The number of aromatic nitrogens is 4. The average molecular weight is 684 g/mol. The molecular weight excluding hydrogens is 638 g/mol. The second-order valence-electron chi connectivity index (χ2n) is 15.4. The van der Waals surface area contributed by atoms with Crippen molar-refractivity contribution in [2.45, 2.75) is 82.6 Å². The molecule has 0 radical (unpaired) electrons. The van der Waals surface area contributed by atoms with Gasteiger partial charge in [0.25, 0.3) is 0 Å². The molecule has 2 saturated heterocycles. The maximum absolute atomic E-state index is 13.9. The molecular formula is C41H45N7O3. The molecule has 10 nitrogen and oxygen atoms in total. The number of ether oxygens (including phenoxy) is 1. The summed E-state index contributed by atoms with van der Waals surface area (Å²) in [6.45, 7) is 3.89. The standard InChI is InChI=1S/C41H45N7O3/c1-22(2)37(47-41(50)51-3)40(49)48-35-15-13-30(35)19-36(48)39-43-21-34(46-39)28-11-10-26-16-25(8-9-27(26)17-28)23-4-6-24(7-5-23)33-20-42-38(45-33)32-18-29-12-14-31(29)44-32/h4-11,16-17,20-22,29-32,35-37,44H,12-15,18-19H2,1-3H3,(H,42,45)(H,43,46)(H,47,50)/t29-,30-,31-,32+,35-,36+,37+/m1/s1. The van der Waals surface area contributed by atoms with Gasteiger partial charge in [0.15, 0.2) is 0 Å². The molecule has 2 amide bonds. The monoisotopic (exact) mass is 683 g/mol. The second kappa shape index (κ2) is 12.7. The van der Waals surface area contributed by atoms with E-state index in [1.165, 1.54) is 42.9 Å². The zero-order chi connectivity index (χ0) is 34.8. The quantitative estimate of drug-likeness (QED) is 0.134. The van der Waals surface area contributed by atoms with Crippen molar-refractivity contribution in [1.29, 1.82) is 0 Å². The molecule has 4 N–H and O–H groups in total. The highest BCUT2D eigenvalue weighted by atomic mass is 16.5. The van der Waals surface area contributed by atoms with Gasteiger partial charge in [-0.3, -0.25) is 4.79 Å². The zero-order valence-corrected chi connectivity index (χ0v) is 29.4. The van der Waals surface area contributed by atoms with E-state index < -0.39 is 12.1 Å². The van der Waals surface area contributed by atoms with E-state index in [0.29, 0.717) is 18.0 Å². The first-order chi connectivity index (χ1) is 24.8. The minimum atomic E-state index is -0.657. The largest absolute Gasteiger partial charge is 0.453 e. The number of methoxy groups -OCH3 is 1. The Balaban J connectivity index is 0.909. The van der Waals surface area contributed by atoms with Crippen LogP contribution in [0.2, 0.25) is 0 Å². The molecule has 7 atom stereocenters. The number of benzene rings is 3. The second-order valence-corrected chi connectivity index (χ2v) is 15.4. The van der Waals surface area contributed by atoms with Crippen molar-refractivity contribution in [3.63, 3.8) is 0 Å². The number of hydrogen-bond acceptors (Lipinski definition) is 6. The van der Waals surface area contributed by atoms with Gasteiger partial charge in [-0.1, -0.05) is 62.4 Å². The van der Waals surface area contributed by atoms with Gasteiger partial charge in [0.1, 0.15) is 17.7 Å². The van der Waals surface area contributed by atoms with E-state index in [0.717, 1.165) is 64.7 Å². The lowest BCUT2D eigenvalue weighted by molar-refractivity contribution is -0.139.